The summed E-state index contributed by atoms with van der Waals surface area (Å²) in [6.45, 7) is 3.39. The predicted octanol–water partition coefficient (Wildman–Crippen LogP) is 1.86. The van der Waals surface area contributed by atoms with Crippen molar-refractivity contribution in [1.82, 2.24) is 0 Å². The number of hydrogen-bond acceptors (Lipinski definition) is 4. The first-order chi connectivity index (χ1) is 6.75. The number of carboxylic acids is 1. The second-order valence-corrected chi connectivity index (χ2v) is 3.38. The first-order valence-electron chi connectivity index (χ1n) is 4.27. The highest BCUT2D eigenvalue weighted by Crippen LogP contribution is 2.24. The van der Waals surface area contributed by atoms with Gasteiger partial charge >= 0.3 is 5.97 Å². The maximum Gasteiger partial charge on any atom is 0.349 e. The molecule has 0 spiro atoms. The van der Waals surface area contributed by atoms with Gasteiger partial charge in [0.15, 0.2) is 4.88 Å². The van der Waals surface area contributed by atoms with E-state index in [-0.39, 0.29) is 4.88 Å². The van der Waals surface area contributed by atoms with Crippen LogP contribution in [0.3, 0.4) is 0 Å². The minimum Gasteiger partial charge on any atom is -0.489 e. The minimum atomic E-state index is -0.952. The topological polar surface area (TPSA) is 55.8 Å². The molecule has 0 fully saturated rings. The van der Waals surface area contributed by atoms with Crippen LogP contribution in [0.5, 0.6) is 5.75 Å². The van der Waals surface area contributed by atoms with Crippen LogP contribution in [0, 0.1) is 0 Å². The first-order valence-corrected chi connectivity index (χ1v) is 5.15. The summed E-state index contributed by atoms with van der Waals surface area (Å²) >= 11 is 1.16. The third-order valence-corrected chi connectivity index (χ3v) is 2.40. The van der Waals surface area contributed by atoms with Crippen LogP contribution >= 0.6 is 11.3 Å². The van der Waals surface area contributed by atoms with E-state index >= 15 is 0 Å². The number of ether oxygens (including phenoxy) is 2. The molecule has 0 saturated heterocycles. The molecule has 0 aliphatic rings. The Bertz CT molecular complexity index is 295. The van der Waals surface area contributed by atoms with Crippen LogP contribution in [0.1, 0.15) is 16.6 Å². The van der Waals surface area contributed by atoms with Gasteiger partial charge in [0.05, 0.1) is 6.61 Å². The highest BCUT2D eigenvalue weighted by atomic mass is 32.1. The Balaban J connectivity index is 2.42. The molecule has 0 unspecified atom stereocenters. The van der Waals surface area contributed by atoms with Crippen LogP contribution in [0.25, 0.3) is 0 Å². The third kappa shape index (κ3) is 3.01. The predicted molar refractivity (Wildman–Crippen MR) is 53.3 cm³/mol. The van der Waals surface area contributed by atoms with Crippen molar-refractivity contribution < 1.29 is 19.4 Å². The Hall–Kier alpha value is -1.07. The average molecular weight is 216 g/mol. The zero-order chi connectivity index (χ0) is 10.4. The van der Waals surface area contributed by atoms with Gasteiger partial charge in [-0.3, -0.25) is 0 Å². The number of hydrogen-bond donors (Lipinski definition) is 1. The number of aromatic carboxylic acids is 1. The van der Waals surface area contributed by atoms with Gasteiger partial charge in [0.2, 0.25) is 0 Å². The molecule has 0 amide bonds. The quantitative estimate of drug-likeness (QED) is 0.737. The SMILES string of the molecule is CCOCCOc1ccsc1C(=O)O. The van der Waals surface area contributed by atoms with Crippen molar-refractivity contribution in [2.75, 3.05) is 19.8 Å². The molecular weight excluding hydrogens is 204 g/mol. The van der Waals surface area contributed by atoms with Gasteiger partial charge in [0.1, 0.15) is 12.4 Å². The van der Waals surface area contributed by atoms with Gasteiger partial charge in [-0.2, -0.15) is 0 Å². The molecule has 5 heteroatoms. The fourth-order valence-corrected chi connectivity index (χ4v) is 1.59. The highest BCUT2D eigenvalue weighted by Gasteiger charge is 2.12. The van der Waals surface area contributed by atoms with E-state index in [0.717, 1.165) is 11.3 Å². The molecular formula is C9H12O4S. The van der Waals surface area contributed by atoms with E-state index in [2.05, 4.69) is 0 Å². The highest BCUT2D eigenvalue weighted by molar-refractivity contribution is 7.12. The van der Waals surface area contributed by atoms with E-state index in [1.807, 2.05) is 6.92 Å². The monoisotopic (exact) mass is 216 g/mol. The van der Waals surface area contributed by atoms with Crippen LogP contribution in [-0.2, 0) is 4.74 Å². The van der Waals surface area contributed by atoms with Crippen LogP contribution in [0.2, 0.25) is 0 Å². The van der Waals surface area contributed by atoms with Crippen molar-refractivity contribution in [1.29, 1.82) is 0 Å². The van der Waals surface area contributed by atoms with Crippen LogP contribution in [-0.4, -0.2) is 30.9 Å². The zero-order valence-electron chi connectivity index (χ0n) is 7.86. The molecule has 0 aromatic carbocycles. The van der Waals surface area contributed by atoms with Crippen LogP contribution in [0.4, 0.5) is 0 Å². The van der Waals surface area contributed by atoms with Gasteiger partial charge in [-0.15, -0.1) is 11.3 Å². The number of rotatable bonds is 6. The van der Waals surface area contributed by atoms with Crippen LogP contribution < -0.4 is 4.74 Å². The third-order valence-electron chi connectivity index (χ3n) is 1.51. The summed E-state index contributed by atoms with van der Waals surface area (Å²) in [4.78, 5) is 10.9. The summed E-state index contributed by atoms with van der Waals surface area (Å²) < 4.78 is 10.3. The van der Waals surface area contributed by atoms with Gasteiger partial charge in [0, 0.05) is 6.61 Å². The Labute approximate surface area is 86.1 Å². The lowest BCUT2D eigenvalue weighted by Gasteiger charge is -2.04. The summed E-state index contributed by atoms with van der Waals surface area (Å²) in [7, 11) is 0. The molecule has 1 N–H and O–H groups in total. The Morgan fingerprint density at radius 1 is 1.57 bits per heavy atom. The van der Waals surface area contributed by atoms with Crippen LogP contribution in [0.15, 0.2) is 11.4 Å². The lowest BCUT2D eigenvalue weighted by molar-refractivity contribution is 0.0693. The van der Waals surface area contributed by atoms with E-state index < -0.39 is 5.97 Å². The van der Waals surface area contributed by atoms with Gasteiger partial charge in [-0.1, -0.05) is 0 Å². The maximum absolute atomic E-state index is 10.7. The number of thiophene rings is 1. The lowest BCUT2D eigenvalue weighted by atomic mass is 10.4. The summed E-state index contributed by atoms with van der Waals surface area (Å²) in [5.74, 6) is -0.534. The molecule has 0 bridgehead atoms. The second-order valence-electron chi connectivity index (χ2n) is 2.46. The van der Waals surface area contributed by atoms with Crippen molar-refractivity contribution in [3.05, 3.63) is 16.3 Å². The fraction of sp³-hybridized carbons (Fsp3) is 0.444. The summed E-state index contributed by atoms with van der Waals surface area (Å²) in [5.41, 5.74) is 0. The molecule has 1 aromatic rings. The molecule has 78 valence electrons. The number of carbonyl (C=O) groups is 1. The smallest absolute Gasteiger partial charge is 0.349 e. The Kier molecular flexibility index (Phi) is 4.42. The van der Waals surface area contributed by atoms with Crippen molar-refractivity contribution in [3.63, 3.8) is 0 Å². The molecule has 0 aliphatic heterocycles. The largest absolute Gasteiger partial charge is 0.489 e. The molecule has 14 heavy (non-hydrogen) atoms. The van der Waals surface area contributed by atoms with Crippen molar-refractivity contribution in [2.24, 2.45) is 0 Å². The molecule has 0 saturated carbocycles. The molecule has 0 atom stereocenters. The zero-order valence-corrected chi connectivity index (χ0v) is 8.67. The normalized spacial score (nSPS) is 10.1. The molecule has 0 aliphatic carbocycles. The molecule has 0 radical (unpaired) electrons. The van der Waals surface area contributed by atoms with Gasteiger partial charge in [-0.25, -0.2) is 4.79 Å². The average Bonchev–Trinajstić information content (AvgIpc) is 2.60. The lowest BCUT2D eigenvalue weighted by Crippen LogP contribution is -2.07. The van der Waals surface area contributed by atoms with E-state index in [4.69, 9.17) is 14.6 Å². The molecule has 1 aromatic heterocycles. The molecule has 1 rings (SSSR count). The molecule has 4 nitrogen and oxygen atoms in total. The summed E-state index contributed by atoms with van der Waals surface area (Å²) in [6, 6.07) is 1.65. The fourth-order valence-electron chi connectivity index (χ4n) is 0.922. The van der Waals surface area contributed by atoms with Gasteiger partial charge in [0.25, 0.3) is 0 Å². The first kappa shape index (κ1) is 11.0. The Morgan fingerprint density at radius 3 is 3.00 bits per heavy atom. The molecule has 1 heterocycles. The van der Waals surface area contributed by atoms with Crippen molar-refractivity contribution >= 4 is 17.3 Å². The standard InChI is InChI=1S/C9H12O4S/c1-2-12-4-5-13-7-3-6-14-8(7)9(10)11/h3,6H,2,4-5H2,1H3,(H,10,11). The van der Waals surface area contributed by atoms with Crippen molar-refractivity contribution in [3.8, 4) is 5.75 Å². The minimum absolute atomic E-state index is 0.237. The second kappa shape index (κ2) is 5.62. The van der Waals surface area contributed by atoms with E-state index in [1.165, 1.54) is 0 Å². The van der Waals surface area contributed by atoms with E-state index in [1.54, 1.807) is 11.4 Å². The Morgan fingerprint density at radius 2 is 2.36 bits per heavy atom. The van der Waals surface area contributed by atoms with E-state index in [0.29, 0.717) is 25.6 Å². The summed E-state index contributed by atoms with van der Waals surface area (Å²) in [6.07, 6.45) is 0. The van der Waals surface area contributed by atoms with Crippen molar-refractivity contribution in [2.45, 2.75) is 6.92 Å². The van der Waals surface area contributed by atoms with E-state index in [9.17, 15) is 4.79 Å². The van der Waals surface area contributed by atoms with Gasteiger partial charge < -0.3 is 14.6 Å². The summed E-state index contributed by atoms with van der Waals surface area (Å²) in [5, 5.41) is 10.5. The maximum atomic E-state index is 10.7. The number of carboxylic acid groups (broad SMARTS) is 1. The van der Waals surface area contributed by atoms with Gasteiger partial charge in [-0.05, 0) is 18.4 Å².